The van der Waals surface area contributed by atoms with E-state index >= 15 is 0 Å². The first-order valence-electron chi connectivity index (χ1n) is 4.47. The average molecular weight is 160 g/mol. The molecule has 0 bridgehead atoms. The molecule has 2 atom stereocenters. The van der Waals surface area contributed by atoms with Gasteiger partial charge in [0.15, 0.2) is 0 Å². The second-order valence-corrected chi connectivity index (χ2v) is 2.97. The first-order chi connectivity index (χ1) is 5.13. The molecule has 1 heterocycles. The molecule has 0 aliphatic carbocycles. The maximum absolute atomic E-state index is 9.52. The summed E-state index contributed by atoms with van der Waals surface area (Å²) in [5.74, 6) is 0. The van der Waals surface area contributed by atoms with E-state index in [1.807, 2.05) is 27.7 Å². The smallest absolute Gasteiger partial charge is 0.0878 e. The van der Waals surface area contributed by atoms with E-state index in [1.54, 1.807) is 0 Å². The highest BCUT2D eigenvalue weighted by Gasteiger charge is 2.31. The van der Waals surface area contributed by atoms with E-state index in [2.05, 4.69) is 0 Å². The Balaban J connectivity index is 0.000000461. The van der Waals surface area contributed by atoms with Gasteiger partial charge in [-0.05, 0) is 26.7 Å². The van der Waals surface area contributed by atoms with Crippen molar-refractivity contribution >= 4 is 0 Å². The normalized spacial score (nSPS) is 37.4. The molecule has 0 aromatic rings. The summed E-state index contributed by atoms with van der Waals surface area (Å²) in [6.07, 6.45) is 1.86. The molecule has 2 heteroatoms. The maximum atomic E-state index is 9.52. The lowest BCUT2D eigenvalue weighted by atomic mass is 9.92. The van der Waals surface area contributed by atoms with Crippen LogP contribution in [-0.2, 0) is 4.74 Å². The summed E-state index contributed by atoms with van der Waals surface area (Å²) in [6.45, 7) is 8.55. The van der Waals surface area contributed by atoms with Gasteiger partial charge in [0, 0.05) is 6.61 Å². The summed E-state index contributed by atoms with van der Waals surface area (Å²) in [5.41, 5.74) is -0.585. The lowest BCUT2D eigenvalue weighted by molar-refractivity contribution is -0.125. The zero-order chi connectivity index (χ0) is 8.91. The van der Waals surface area contributed by atoms with Crippen LogP contribution in [0, 0.1) is 0 Å². The third kappa shape index (κ3) is 3.21. The molecule has 11 heavy (non-hydrogen) atoms. The van der Waals surface area contributed by atoms with Crippen LogP contribution in [0.5, 0.6) is 0 Å². The minimum atomic E-state index is -0.585. The molecule has 0 saturated carbocycles. The largest absolute Gasteiger partial charge is 0.387 e. The van der Waals surface area contributed by atoms with Crippen LogP contribution < -0.4 is 0 Å². The second-order valence-electron chi connectivity index (χ2n) is 2.97. The Labute approximate surface area is 69.6 Å². The van der Waals surface area contributed by atoms with Crippen LogP contribution >= 0.6 is 0 Å². The van der Waals surface area contributed by atoms with Crippen molar-refractivity contribution in [2.75, 3.05) is 6.61 Å². The lowest BCUT2D eigenvalue weighted by Gasteiger charge is -2.34. The molecule has 1 saturated heterocycles. The molecule has 2 nitrogen and oxygen atoms in total. The molecule has 68 valence electrons. The SMILES string of the molecule is CC.CC1OCCCC1(C)O. The van der Waals surface area contributed by atoms with Crippen molar-refractivity contribution in [1.82, 2.24) is 0 Å². The fourth-order valence-corrected chi connectivity index (χ4v) is 1.07. The van der Waals surface area contributed by atoms with Gasteiger partial charge < -0.3 is 9.84 Å². The topological polar surface area (TPSA) is 29.5 Å². The van der Waals surface area contributed by atoms with Crippen LogP contribution in [0.3, 0.4) is 0 Å². The van der Waals surface area contributed by atoms with Gasteiger partial charge in [-0.25, -0.2) is 0 Å². The van der Waals surface area contributed by atoms with E-state index in [9.17, 15) is 5.11 Å². The van der Waals surface area contributed by atoms with Crippen molar-refractivity contribution in [2.24, 2.45) is 0 Å². The minimum Gasteiger partial charge on any atom is -0.387 e. The molecule has 0 spiro atoms. The zero-order valence-electron chi connectivity index (χ0n) is 8.05. The number of aliphatic hydroxyl groups is 1. The lowest BCUT2D eigenvalue weighted by Crippen LogP contribution is -2.42. The van der Waals surface area contributed by atoms with Gasteiger partial charge in [-0.3, -0.25) is 0 Å². The molecule has 0 amide bonds. The average Bonchev–Trinajstić information content (AvgIpc) is 2.00. The van der Waals surface area contributed by atoms with Crippen LogP contribution in [0.4, 0.5) is 0 Å². The summed E-state index contributed by atoms with van der Waals surface area (Å²) in [6, 6.07) is 0. The van der Waals surface area contributed by atoms with E-state index in [4.69, 9.17) is 4.74 Å². The van der Waals surface area contributed by atoms with E-state index in [0.29, 0.717) is 0 Å². The van der Waals surface area contributed by atoms with E-state index in [-0.39, 0.29) is 6.10 Å². The fourth-order valence-electron chi connectivity index (χ4n) is 1.07. The summed E-state index contributed by atoms with van der Waals surface area (Å²) in [5, 5.41) is 9.52. The first-order valence-corrected chi connectivity index (χ1v) is 4.47. The molecule has 0 radical (unpaired) electrons. The molecule has 1 aliphatic heterocycles. The van der Waals surface area contributed by atoms with Crippen LogP contribution in [0.1, 0.15) is 40.5 Å². The van der Waals surface area contributed by atoms with E-state index in [0.717, 1.165) is 19.4 Å². The maximum Gasteiger partial charge on any atom is 0.0878 e. The second kappa shape index (κ2) is 4.73. The van der Waals surface area contributed by atoms with Crippen molar-refractivity contribution in [3.05, 3.63) is 0 Å². The van der Waals surface area contributed by atoms with Crippen molar-refractivity contribution in [2.45, 2.75) is 52.2 Å². The van der Waals surface area contributed by atoms with Gasteiger partial charge in [0.2, 0.25) is 0 Å². The van der Waals surface area contributed by atoms with Gasteiger partial charge in [0.25, 0.3) is 0 Å². The van der Waals surface area contributed by atoms with Crippen LogP contribution in [0.25, 0.3) is 0 Å². The van der Waals surface area contributed by atoms with Gasteiger partial charge in [0.1, 0.15) is 0 Å². The predicted octanol–water partition coefficient (Wildman–Crippen LogP) is 1.96. The highest BCUT2D eigenvalue weighted by molar-refractivity contribution is 4.82. The molecular formula is C9H20O2. The summed E-state index contributed by atoms with van der Waals surface area (Å²) >= 11 is 0. The van der Waals surface area contributed by atoms with Gasteiger partial charge >= 0.3 is 0 Å². The van der Waals surface area contributed by atoms with Gasteiger partial charge in [-0.15, -0.1) is 0 Å². The van der Waals surface area contributed by atoms with Crippen molar-refractivity contribution in [3.8, 4) is 0 Å². The summed E-state index contributed by atoms with van der Waals surface area (Å²) < 4.78 is 5.24. The van der Waals surface area contributed by atoms with Gasteiger partial charge in [-0.1, -0.05) is 13.8 Å². The van der Waals surface area contributed by atoms with Gasteiger partial charge in [-0.2, -0.15) is 0 Å². The fraction of sp³-hybridized carbons (Fsp3) is 1.00. The Morgan fingerprint density at radius 3 is 2.27 bits per heavy atom. The summed E-state index contributed by atoms with van der Waals surface area (Å²) in [7, 11) is 0. The van der Waals surface area contributed by atoms with Crippen LogP contribution in [0.2, 0.25) is 0 Å². The standard InChI is InChI=1S/C7H14O2.C2H6/c1-6-7(2,8)4-3-5-9-6;1-2/h6,8H,3-5H2,1-2H3;1-2H3. The molecule has 0 aromatic carbocycles. The molecule has 1 rings (SSSR count). The van der Waals surface area contributed by atoms with Crippen LogP contribution in [-0.4, -0.2) is 23.4 Å². The number of rotatable bonds is 0. The van der Waals surface area contributed by atoms with Crippen molar-refractivity contribution in [1.29, 1.82) is 0 Å². The number of hydrogen-bond donors (Lipinski definition) is 1. The first kappa shape index (κ1) is 10.9. The van der Waals surface area contributed by atoms with E-state index < -0.39 is 5.60 Å². The Kier molecular flexibility index (Phi) is 4.69. The molecular weight excluding hydrogens is 140 g/mol. The Hall–Kier alpha value is -0.0800. The molecule has 1 aliphatic rings. The van der Waals surface area contributed by atoms with Crippen molar-refractivity contribution < 1.29 is 9.84 Å². The minimum absolute atomic E-state index is 0.00579. The van der Waals surface area contributed by atoms with Crippen molar-refractivity contribution in [3.63, 3.8) is 0 Å². The molecule has 2 unspecified atom stereocenters. The predicted molar refractivity (Wildman–Crippen MR) is 46.6 cm³/mol. The third-order valence-electron chi connectivity index (χ3n) is 2.07. The third-order valence-corrected chi connectivity index (χ3v) is 2.07. The van der Waals surface area contributed by atoms with E-state index in [1.165, 1.54) is 0 Å². The number of hydrogen-bond acceptors (Lipinski definition) is 2. The zero-order valence-corrected chi connectivity index (χ0v) is 8.05. The van der Waals surface area contributed by atoms with Crippen LogP contribution in [0.15, 0.2) is 0 Å². The molecule has 1 fully saturated rings. The summed E-state index contributed by atoms with van der Waals surface area (Å²) in [4.78, 5) is 0. The highest BCUT2D eigenvalue weighted by atomic mass is 16.5. The monoisotopic (exact) mass is 160 g/mol. The quantitative estimate of drug-likeness (QED) is 0.587. The molecule has 0 aromatic heterocycles. The Bertz CT molecular complexity index is 99.7. The Morgan fingerprint density at radius 2 is 2.00 bits per heavy atom. The Morgan fingerprint density at radius 1 is 1.45 bits per heavy atom. The highest BCUT2D eigenvalue weighted by Crippen LogP contribution is 2.23. The number of ether oxygens (including phenoxy) is 1. The molecule has 1 N–H and O–H groups in total. The van der Waals surface area contributed by atoms with Gasteiger partial charge in [0.05, 0.1) is 11.7 Å².